The van der Waals surface area contributed by atoms with Crippen LogP contribution in [-0.2, 0) is 6.67 Å². The Morgan fingerprint density at radius 2 is 1.71 bits per heavy atom. The maximum Gasteiger partial charge on any atom is 0.114 e. The highest BCUT2D eigenvalue weighted by Crippen LogP contribution is 2.09. The van der Waals surface area contributed by atoms with Crippen LogP contribution in [0.15, 0.2) is 24.3 Å². The van der Waals surface area contributed by atoms with E-state index in [0.717, 1.165) is 44.0 Å². The van der Waals surface area contributed by atoms with E-state index in [1.807, 2.05) is 24.3 Å². The van der Waals surface area contributed by atoms with Gasteiger partial charge in [-0.3, -0.25) is 9.80 Å². The number of aromatic nitrogens is 3. The van der Waals surface area contributed by atoms with Crippen LogP contribution in [0.25, 0.3) is 11.0 Å². The first-order valence-electron chi connectivity index (χ1n) is 6.10. The molecular formula is C12H17N5. The summed E-state index contributed by atoms with van der Waals surface area (Å²) in [6.07, 6.45) is 0. The van der Waals surface area contributed by atoms with Crippen molar-refractivity contribution in [3.63, 3.8) is 0 Å². The van der Waals surface area contributed by atoms with Crippen molar-refractivity contribution in [3.05, 3.63) is 24.3 Å². The molecule has 1 aromatic carbocycles. The van der Waals surface area contributed by atoms with Crippen LogP contribution < -0.4 is 0 Å². The second-order valence-electron chi connectivity index (χ2n) is 4.45. The lowest BCUT2D eigenvalue weighted by molar-refractivity contribution is 0.194. The number of hydrogen-bond acceptors (Lipinski definition) is 4. The van der Waals surface area contributed by atoms with E-state index in [0.29, 0.717) is 0 Å². The maximum absolute atomic E-state index is 4.47. The first kappa shape index (κ1) is 10.7. The van der Waals surface area contributed by atoms with E-state index in [-0.39, 0.29) is 0 Å². The molecule has 1 aliphatic rings. The van der Waals surface area contributed by atoms with Gasteiger partial charge < -0.3 is 0 Å². The topological polar surface area (TPSA) is 37.2 Å². The van der Waals surface area contributed by atoms with E-state index >= 15 is 0 Å². The Hall–Kier alpha value is -1.46. The van der Waals surface area contributed by atoms with Crippen molar-refractivity contribution < 1.29 is 0 Å². The molecule has 90 valence electrons. The molecule has 1 fully saturated rings. The van der Waals surface area contributed by atoms with Crippen molar-refractivity contribution in [2.75, 3.05) is 26.3 Å². The van der Waals surface area contributed by atoms with Crippen LogP contribution in [0.5, 0.6) is 0 Å². The summed E-state index contributed by atoms with van der Waals surface area (Å²) in [6, 6.07) is 7.99. The van der Waals surface area contributed by atoms with Crippen molar-refractivity contribution in [1.82, 2.24) is 24.8 Å². The minimum Gasteiger partial charge on any atom is -0.289 e. The van der Waals surface area contributed by atoms with Crippen LogP contribution in [0.3, 0.4) is 0 Å². The van der Waals surface area contributed by atoms with Crippen LogP contribution in [0.4, 0.5) is 0 Å². The Kier molecular flexibility index (Phi) is 2.78. The van der Waals surface area contributed by atoms with Gasteiger partial charge in [0, 0.05) is 13.1 Å². The SMILES string of the molecule is CCN1CCN(Cn2nc3ccccc3n2)C1. The molecule has 2 aromatic rings. The minimum atomic E-state index is 0.783. The molecule has 0 N–H and O–H groups in total. The van der Waals surface area contributed by atoms with E-state index in [1.165, 1.54) is 0 Å². The largest absolute Gasteiger partial charge is 0.289 e. The molecule has 1 aliphatic heterocycles. The molecule has 0 saturated carbocycles. The Morgan fingerprint density at radius 3 is 2.29 bits per heavy atom. The number of nitrogens with zero attached hydrogens (tertiary/aromatic N) is 5. The average molecular weight is 231 g/mol. The van der Waals surface area contributed by atoms with Gasteiger partial charge in [-0.05, 0) is 18.7 Å². The van der Waals surface area contributed by atoms with Gasteiger partial charge in [-0.1, -0.05) is 19.1 Å². The molecular weight excluding hydrogens is 214 g/mol. The zero-order valence-corrected chi connectivity index (χ0v) is 10.1. The van der Waals surface area contributed by atoms with Gasteiger partial charge in [0.1, 0.15) is 17.7 Å². The molecule has 1 aromatic heterocycles. The first-order valence-corrected chi connectivity index (χ1v) is 6.10. The standard InChI is InChI=1S/C12H17N5/c1-2-15-7-8-16(9-15)10-17-13-11-5-3-4-6-12(11)14-17/h3-6H,2,7-10H2,1H3. The zero-order valence-electron chi connectivity index (χ0n) is 10.1. The highest BCUT2D eigenvalue weighted by atomic mass is 15.5. The summed E-state index contributed by atoms with van der Waals surface area (Å²) in [7, 11) is 0. The van der Waals surface area contributed by atoms with E-state index < -0.39 is 0 Å². The van der Waals surface area contributed by atoms with Crippen LogP contribution in [0, 0.1) is 0 Å². The fourth-order valence-electron chi connectivity index (χ4n) is 2.23. The average Bonchev–Trinajstić information content (AvgIpc) is 2.94. The number of benzene rings is 1. The second-order valence-corrected chi connectivity index (χ2v) is 4.45. The molecule has 0 amide bonds. The van der Waals surface area contributed by atoms with Crippen LogP contribution in [0.1, 0.15) is 6.92 Å². The second kappa shape index (κ2) is 4.43. The monoisotopic (exact) mass is 231 g/mol. The van der Waals surface area contributed by atoms with Crippen molar-refractivity contribution in [3.8, 4) is 0 Å². The molecule has 0 bridgehead atoms. The molecule has 0 radical (unpaired) electrons. The molecule has 0 unspecified atom stereocenters. The lowest BCUT2D eigenvalue weighted by Crippen LogP contribution is -2.28. The highest BCUT2D eigenvalue weighted by Gasteiger charge is 2.18. The highest BCUT2D eigenvalue weighted by molar-refractivity contribution is 5.72. The predicted octanol–water partition coefficient (Wildman–Crippen LogP) is 0.984. The van der Waals surface area contributed by atoms with Crippen molar-refractivity contribution in [2.45, 2.75) is 13.6 Å². The zero-order chi connectivity index (χ0) is 11.7. The van der Waals surface area contributed by atoms with Gasteiger partial charge >= 0.3 is 0 Å². The van der Waals surface area contributed by atoms with Gasteiger partial charge in [0.15, 0.2) is 0 Å². The Balaban J connectivity index is 1.73. The molecule has 5 heteroatoms. The summed E-state index contributed by atoms with van der Waals surface area (Å²) in [5.74, 6) is 0. The Bertz CT molecular complexity index is 473. The fraction of sp³-hybridized carbons (Fsp3) is 0.500. The lowest BCUT2D eigenvalue weighted by atomic mass is 10.3. The van der Waals surface area contributed by atoms with Gasteiger partial charge in [0.05, 0.1) is 6.67 Å². The van der Waals surface area contributed by atoms with Crippen molar-refractivity contribution in [2.24, 2.45) is 0 Å². The smallest absolute Gasteiger partial charge is 0.114 e. The molecule has 0 atom stereocenters. The molecule has 5 nitrogen and oxygen atoms in total. The van der Waals surface area contributed by atoms with Gasteiger partial charge in [-0.25, -0.2) is 0 Å². The van der Waals surface area contributed by atoms with Crippen LogP contribution >= 0.6 is 0 Å². The summed E-state index contributed by atoms with van der Waals surface area (Å²) in [5, 5.41) is 8.94. The lowest BCUT2D eigenvalue weighted by Gasteiger charge is -2.15. The molecule has 1 saturated heterocycles. The molecule has 0 aliphatic carbocycles. The van der Waals surface area contributed by atoms with E-state index in [2.05, 4.69) is 26.9 Å². The third-order valence-electron chi connectivity index (χ3n) is 3.23. The summed E-state index contributed by atoms with van der Waals surface area (Å²) < 4.78 is 0. The van der Waals surface area contributed by atoms with Gasteiger partial charge in [0.25, 0.3) is 0 Å². The van der Waals surface area contributed by atoms with Crippen molar-refractivity contribution in [1.29, 1.82) is 0 Å². The van der Waals surface area contributed by atoms with Gasteiger partial charge in [-0.15, -0.1) is 0 Å². The normalized spacial score (nSPS) is 18.2. The molecule has 17 heavy (non-hydrogen) atoms. The van der Waals surface area contributed by atoms with Gasteiger partial charge in [0.2, 0.25) is 0 Å². The fourth-order valence-corrected chi connectivity index (χ4v) is 2.23. The third-order valence-corrected chi connectivity index (χ3v) is 3.23. The third kappa shape index (κ3) is 2.16. The Labute approximate surface area is 101 Å². The Morgan fingerprint density at radius 1 is 1.06 bits per heavy atom. The maximum atomic E-state index is 4.47. The van der Waals surface area contributed by atoms with E-state index in [4.69, 9.17) is 0 Å². The number of rotatable bonds is 3. The molecule has 2 heterocycles. The number of hydrogen-bond donors (Lipinski definition) is 0. The summed E-state index contributed by atoms with van der Waals surface area (Å²) >= 11 is 0. The van der Waals surface area contributed by atoms with Gasteiger partial charge in [-0.2, -0.15) is 15.0 Å². The quantitative estimate of drug-likeness (QED) is 0.789. The van der Waals surface area contributed by atoms with Crippen LogP contribution in [-0.4, -0.2) is 51.1 Å². The molecule has 3 rings (SSSR count). The van der Waals surface area contributed by atoms with E-state index in [1.54, 1.807) is 4.80 Å². The number of likely N-dealkylation sites (N-methyl/N-ethyl adjacent to an activating group) is 1. The van der Waals surface area contributed by atoms with Crippen LogP contribution in [0.2, 0.25) is 0 Å². The number of fused-ring (bicyclic) bond motifs is 1. The minimum absolute atomic E-state index is 0.783. The van der Waals surface area contributed by atoms with E-state index in [9.17, 15) is 0 Å². The van der Waals surface area contributed by atoms with Crippen molar-refractivity contribution >= 4 is 11.0 Å². The predicted molar refractivity (Wildman–Crippen MR) is 66.3 cm³/mol. The summed E-state index contributed by atoms with van der Waals surface area (Å²) in [4.78, 5) is 6.58. The first-order chi connectivity index (χ1) is 8.35. The summed E-state index contributed by atoms with van der Waals surface area (Å²) in [6.45, 7) is 7.37. The molecule has 0 spiro atoms. The summed E-state index contributed by atoms with van der Waals surface area (Å²) in [5.41, 5.74) is 1.94.